The zero-order chi connectivity index (χ0) is 18.5. The van der Waals surface area contributed by atoms with E-state index in [1.807, 2.05) is 17.5 Å². The first-order chi connectivity index (χ1) is 12.5. The molecule has 8 heteroatoms. The third-order valence-corrected chi connectivity index (χ3v) is 5.40. The van der Waals surface area contributed by atoms with E-state index in [0.717, 1.165) is 21.5 Å². The second kappa shape index (κ2) is 8.29. The molecule has 134 valence electrons. The van der Waals surface area contributed by atoms with Crippen molar-refractivity contribution < 1.29 is 18.8 Å². The van der Waals surface area contributed by atoms with Crippen molar-refractivity contribution in [2.75, 3.05) is 13.1 Å². The summed E-state index contributed by atoms with van der Waals surface area (Å²) in [4.78, 5) is 38.6. The molecule has 0 saturated carbocycles. The van der Waals surface area contributed by atoms with E-state index in [1.165, 1.54) is 35.6 Å². The molecular formula is C18H15FN2O3S2. The molecule has 0 aliphatic carbocycles. The summed E-state index contributed by atoms with van der Waals surface area (Å²) < 4.78 is 12.9. The van der Waals surface area contributed by atoms with Gasteiger partial charge in [-0.1, -0.05) is 18.2 Å². The van der Waals surface area contributed by atoms with Gasteiger partial charge in [0.25, 0.3) is 11.1 Å². The molecule has 1 aliphatic heterocycles. The van der Waals surface area contributed by atoms with Crippen LogP contribution in [-0.2, 0) is 16.0 Å². The van der Waals surface area contributed by atoms with Gasteiger partial charge in [0.15, 0.2) is 0 Å². The first-order valence-corrected chi connectivity index (χ1v) is 9.52. The average Bonchev–Trinajstić information content (AvgIpc) is 3.20. The number of halogens is 1. The number of nitrogens with zero attached hydrogens (tertiary/aromatic N) is 1. The van der Waals surface area contributed by atoms with Crippen LogP contribution in [0.15, 0.2) is 46.7 Å². The molecule has 2 heterocycles. The lowest BCUT2D eigenvalue weighted by Gasteiger charge is -2.12. The predicted molar refractivity (Wildman–Crippen MR) is 100 cm³/mol. The fraction of sp³-hybridized carbons (Fsp3) is 0.167. The minimum Gasteiger partial charge on any atom is -0.354 e. The standard InChI is InChI=1S/C18H15FN2O3S2/c19-13-5-3-12(4-6-13)10-15-17(23)21(18(24)26-15)8-7-20-16(22)11-14-2-1-9-25-14/h1-6,9-10H,7-8,11H2,(H,20,22)/b15-10-. The van der Waals surface area contributed by atoms with Crippen molar-refractivity contribution in [2.24, 2.45) is 0 Å². The number of carbonyl (C=O) groups is 3. The van der Waals surface area contributed by atoms with E-state index >= 15 is 0 Å². The minimum atomic E-state index is -0.406. The van der Waals surface area contributed by atoms with Gasteiger partial charge in [0.05, 0.1) is 11.3 Å². The van der Waals surface area contributed by atoms with Gasteiger partial charge in [-0.25, -0.2) is 4.39 Å². The Labute approximate surface area is 157 Å². The maximum Gasteiger partial charge on any atom is 0.293 e. The van der Waals surface area contributed by atoms with E-state index in [0.29, 0.717) is 5.56 Å². The lowest BCUT2D eigenvalue weighted by atomic mass is 10.2. The Morgan fingerprint density at radius 3 is 2.65 bits per heavy atom. The normalized spacial score (nSPS) is 15.7. The molecule has 0 spiro atoms. The molecule has 2 aromatic rings. The Balaban J connectivity index is 1.54. The lowest BCUT2D eigenvalue weighted by Crippen LogP contribution is -2.37. The highest BCUT2D eigenvalue weighted by molar-refractivity contribution is 8.18. The molecule has 1 saturated heterocycles. The number of carbonyl (C=O) groups excluding carboxylic acids is 3. The van der Waals surface area contributed by atoms with Crippen LogP contribution in [0.4, 0.5) is 9.18 Å². The van der Waals surface area contributed by atoms with Crippen LogP contribution in [0.1, 0.15) is 10.4 Å². The molecule has 0 radical (unpaired) electrons. The van der Waals surface area contributed by atoms with Crippen LogP contribution < -0.4 is 5.32 Å². The number of thiophene rings is 1. The second-order valence-electron chi connectivity index (χ2n) is 5.49. The molecule has 3 amide bonds. The summed E-state index contributed by atoms with van der Waals surface area (Å²) in [7, 11) is 0. The molecule has 3 rings (SSSR count). The van der Waals surface area contributed by atoms with Gasteiger partial charge in [0.2, 0.25) is 5.91 Å². The van der Waals surface area contributed by atoms with Crippen LogP contribution in [0, 0.1) is 5.82 Å². The highest BCUT2D eigenvalue weighted by Gasteiger charge is 2.34. The Hall–Kier alpha value is -2.45. The lowest BCUT2D eigenvalue weighted by molar-refractivity contribution is -0.124. The third kappa shape index (κ3) is 4.59. The molecule has 0 bridgehead atoms. The molecule has 1 N–H and O–H groups in total. The van der Waals surface area contributed by atoms with E-state index in [1.54, 1.807) is 6.08 Å². The van der Waals surface area contributed by atoms with Gasteiger partial charge in [-0.15, -0.1) is 11.3 Å². The topological polar surface area (TPSA) is 66.5 Å². The van der Waals surface area contributed by atoms with Crippen molar-refractivity contribution in [2.45, 2.75) is 6.42 Å². The third-order valence-electron chi connectivity index (χ3n) is 3.61. The summed E-state index contributed by atoms with van der Waals surface area (Å²) in [5.41, 5.74) is 0.640. The Bertz CT molecular complexity index is 848. The summed E-state index contributed by atoms with van der Waals surface area (Å²) in [6.07, 6.45) is 1.84. The highest BCUT2D eigenvalue weighted by Crippen LogP contribution is 2.31. The zero-order valence-corrected chi connectivity index (χ0v) is 15.2. The molecule has 0 atom stereocenters. The number of thioether (sulfide) groups is 1. The van der Waals surface area contributed by atoms with Gasteiger partial charge in [0, 0.05) is 18.0 Å². The van der Waals surface area contributed by atoms with Crippen molar-refractivity contribution >= 4 is 46.2 Å². The van der Waals surface area contributed by atoms with Crippen LogP contribution in [0.5, 0.6) is 0 Å². The number of hydrogen-bond donors (Lipinski definition) is 1. The molecule has 26 heavy (non-hydrogen) atoms. The summed E-state index contributed by atoms with van der Waals surface area (Å²) >= 11 is 2.34. The number of nitrogens with one attached hydrogen (secondary N) is 1. The highest BCUT2D eigenvalue weighted by atomic mass is 32.2. The van der Waals surface area contributed by atoms with Gasteiger partial charge in [-0.05, 0) is 47.0 Å². The van der Waals surface area contributed by atoms with Crippen LogP contribution in [0.3, 0.4) is 0 Å². The number of imide groups is 1. The molecular weight excluding hydrogens is 375 g/mol. The number of benzene rings is 1. The van der Waals surface area contributed by atoms with Crippen LogP contribution in [0.2, 0.25) is 0 Å². The van der Waals surface area contributed by atoms with Crippen LogP contribution >= 0.6 is 23.1 Å². The van der Waals surface area contributed by atoms with Crippen molar-refractivity contribution in [3.63, 3.8) is 0 Å². The molecule has 1 aliphatic rings. The summed E-state index contributed by atoms with van der Waals surface area (Å²) in [5, 5.41) is 4.23. The van der Waals surface area contributed by atoms with E-state index in [2.05, 4.69) is 5.32 Å². The first kappa shape index (κ1) is 18.3. The molecule has 1 aromatic carbocycles. The smallest absolute Gasteiger partial charge is 0.293 e. The summed E-state index contributed by atoms with van der Waals surface area (Å²) in [5.74, 6) is -0.924. The van der Waals surface area contributed by atoms with Crippen molar-refractivity contribution in [3.05, 3.63) is 62.9 Å². The van der Waals surface area contributed by atoms with Gasteiger partial charge in [-0.2, -0.15) is 0 Å². The zero-order valence-electron chi connectivity index (χ0n) is 13.6. The first-order valence-electron chi connectivity index (χ1n) is 7.83. The Morgan fingerprint density at radius 2 is 1.96 bits per heavy atom. The van der Waals surface area contributed by atoms with Gasteiger partial charge >= 0.3 is 0 Å². The fourth-order valence-corrected chi connectivity index (χ4v) is 3.91. The SMILES string of the molecule is O=C(Cc1cccs1)NCCN1C(=O)S/C(=C\c2ccc(F)cc2)C1=O. The van der Waals surface area contributed by atoms with Gasteiger partial charge in [0.1, 0.15) is 5.82 Å². The largest absolute Gasteiger partial charge is 0.354 e. The van der Waals surface area contributed by atoms with Crippen molar-refractivity contribution in [1.82, 2.24) is 10.2 Å². The molecule has 0 unspecified atom stereocenters. The Kier molecular flexibility index (Phi) is 5.85. The minimum absolute atomic E-state index is 0.113. The van der Waals surface area contributed by atoms with Crippen LogP contribution in [-0.4, -0.2) is 35.0 Å². The maximum atomic E-state index is 12.9. The predicted octanol–water partition coefficient (Wildman–Crippen LogP) is 3.28. The van der Waals surface area contributed by atoms with E-state index < -0.39 is 5.91 Å². The average molecular weight is 390 g/mol. The number of hydrogen-bond acceptors (Lipinski definition) is 5. The number of amides is 3. The maximum absolute atomic E-state index is 12.9. The Morgan fingerprint density at radius 1 is 1.19 bits per heavy atom. The fourth-order valence-electron chi connectivity index (χ4n) is 2.34. The molecule has 5 nitrogen and oxygen atoms in total. The molecule has 1 aromatic heterocycles. The van der Waals surface area contributed by atoms with E-state index in [9.17, 15) is 18.8 Å². The second-order valence-corrected chi connectivity index (χ2v) is 7.52. The summed E-state index contributed by atoms with van der Waals surface area (Å²) in [6.45, 7) is 0.313. The summed E-state index contributed by atoms with van der Waals surface area (Å²) in [6, 6.07) is 9.41. The molecule has 1 fully saturated rings. The quantitative estimate of drug-likeness (QED) is 0.769. The monoisotopic (exact) mass is 390 g/mol. The van der Waals surface area contributed by atoms with E-state index in [4.69, 9.17) is 0 Å². The van der Waals surface area contributed by atoms with Crippen molar-refractivity contribution in [1.29, 1.82) is 0 Å². The van der Waals surface area contributed by atoms with Crippen LogP contribution in [0.25, 0.3) is 6.08 Å². The van der Waals surface area contributed by atoms with Gasteiger partial charge < -0.3 is 5.32 Å². The van der Waals surface area contributed by atoms with E-state index in [-0.39, 0.29) is 41.4 Å². The van der Waals surface area contributed by atoms with Crippen molar-refractivity contribution in [3.8, 4) is 0 Å². The van der Waals surface area contributed by atoms with Gasteiger partial charge in [-0.3, -0.25) is 19.3 Å². The number of rotatable bonds is 6.